The van der Waals surface area contributed by atoms with E-state index in [9.17, 15) is 9.59 Å². The van der Waals surface area contributed by atoms with Gasteiger partial charge in [0.05, 0.1) is 12.0 Å². The van der Waals surface area contributed by atoms with E-state index in [1.54, 1.807) is 7.11 Å². The summed E-state index contributed by atoms with van der Waals surface area (Å²) < 4.78 is 5.36. The minimum atomic E-state index is -0.495. The molecule has 3 rings (SSSR count). The Hall–Kier alpha value is -1.92. The maximum atomic E-state index is 13.0. The van der Waals surface area contributed by atoms with Crippen LogP contribution in [-0.2, 0) is 9.53 Å². The number of nitrogens with one attached hydrogen (secondary N) is 2. The normalized spacial score (nSPS) is 20.0. The molecule has 0 spiro atoms. The van der Waals surface area contributed by atoms with E-state index < -0.39 is 5.41 Å². The Bertz CT molecular complexity index is 699. The van der Waals surface area contributed by atoms with Gasteiger partial charge in [0, 0.05) is 31.5 Å². The molecular formula is C22H33N3O3. The highest BCUT2D eigenvalue weighted by molar-refractivity contribution is 5.98. The lowest BCUT2D eigenvalue weighted by Crippen LogP contribution is -2.47. The van der Waals surface area contributed by atoms with E-state index >= 15 is 0 Å². The molecule has 0 atom stereocenters. The Balaban J connectivity index is 1.70. The molecule has 1 aromatic carbocycles. The summed E-state index contributed by atoms with van der Waals surface area (Å²) in [5.74, 6) is 0.780. The SMILES string of the molecule is COCC1(C(=O)Nc2ccc(C(=O)N3CCC(C)CC3)cc2C)CCNCC1. The number of piperidine rings is 2. The maximum Gasteiger partial charge on any atom is 0.253 e. The number of aryl methyl sites for hydroxylation is 1. The molecule has 0 aromatic heterocycles. The summed E-state index contributed by atoms with van der Waals surface area (Å²) in [7, 11) is 1.64. The fraction of sp³-hybridized carbons (Fsp3) is 0.636. The molecule has 2 N–H and O–H groups in total. The van der Waals surface area contributed by atoms with Crippen molar-refractivity contribution >= 4 is 17.5 Å². The summed E-state index contributed by atoms with van der Waals surface area (Å²) in [4.78, 5) is 27.8. The number of nitrogens with zero attached hydrogens (tertiary/aromatic N) is 1. The summed E-state index contributed by atoms with van der Waals surface area (Å²) in [6.07, 6.45) is 3.65. The average molecular weight is 388 g/mol. The lowest BCUT2D eigenvalue weighted by molar-refractivity contribution is -0.130. The number of anilines is 1. The molecule has 0 unspecified atom stereocenters. The second-order valence-corrected chi connectivity index (χ2v) is 8.42. The van der Waals surface area contributed by atoms with Crippen LogP contribution in [0.1, 0.15) is 48.5 Å². The van der Waals surface area contributed by atoms with Gasteiger partial charge in [-0.1, -0.05) is 6.92 Å². The largest absolute Gasteiger partial charge is 0.384 e. The lowest BCUT2D eigenvalue weighted by Gasteiger charge is -2.35. The molecule has 28 heavy (non-hydrogen) atoms. The first-order valence-corrected chi connectivity index (χ1v) is 10.4. The molecule has 2 aliphatic heterocycles. The van der Waals surface area contributed by atoms with E-state index in [0.717, 1.165) is 63.1 Å². The van der Waals surface area contributed by atoms with Crippen LogP contribution in [0.3, 0.4) is 0 Å². The number of likely N-dealkylation sites (tertiary alicyclic amines) is 1. The number of hydrogen-bond acceptors (Lipinski definition) is 4. The van der Waals surface area contributed by atoms with Crippen molar-refractivity contribution in [3.8, 4) is 0 Å². The molecule has 2 amide bonds. The monoisotopic (exact) mass is 387 g/mol. The van der Waals surface area contributed by atoms with Crippen molar-refractivity contribution in [3.05, 3.63) is 29.3 Å². The Labute approximate surface area is 168 Å². The third-order valence-electron chi connectivity index (χ3n) is 6.26. The third-order valence-corrected chi connectivity index (χ3v) is 6.26. The van der Waals surface area contributed by atoms with Crippen LogP contribution in [-0.4, -0.2) is 56.6 Å². The zero-order chi connectivity index (χ0) is 20.1. The summed E-state index contributed by atoms with van der Waals surface area (Å²) >= 11 is 0. The average Bonchev–Trinajstić information content (AvgIpc) is 2.70. The van der Waals surface area contributed by atoms with Gasteiger partial charge in [-0.25, -0.2) is 0 Å². The Morgan fingerprint density at radius 3 is 2.54 bits per heavy atom. The molecule has 0 radical (unpaired) electrons. The summed E-state index contributed by atoms with van der Waals surface area (Å²) in [6.45, 7) is 7.88. The third kappa shape index (κ3) is 4.55. The number of benzene rings is 1. The van der Waals surface area contributed by atoms with Crippen LogP contribution in [0, 0.1) is 18.3 Å². The van der Waals surface area contributed by atoms with Gasteiger partial charge in [-0.05, 0) is 75.4 Å². The number of ether oxygens (including phenoxy) is 1. The predicted octanol–water partition coefficient (Wildman–Crippen LogP) is 2.82. The minimum Gasteiger partial charge on any atom is -0.384 e. The number of rotatable bonds is 5. The lowest BCUT2D eigenvalue weighted by atomic mass is 9.78. The van der Waals surface area contributed by atoms with Crippen molar-refractivity contribution < 1.29 is 14.3 Å². The van der Waals surface area contributed by atoms with Crippen molar-refractivity contribution in [2.75, 3.05) is 45.2 Å². The number of methoxy groups -OCH3 is 1. The molecular weight excluding hydrogens is 354 g/mol. The summed E-state index contributed by atoms with van der Waals surface area (Å²) in [5.41, 5.74) is 1.87. The Morgan fingerprint density at radius 2 is 1.93 bits per heavy atom. The van der Waals surface area contributed by atoms with Crippen LogP contribution in [0.5, 0.6) is 0 Å². The Morgan fingerprint density at radius 1 is 1.25 bits per heavy atom. The molecule has 0 bridgehead atoms. The molecule has 0 aliphatic carbocycles. The van der Waals surface area contributed by atoms with Crippen LogP contribution >= 0.6 is 0 Å². The van der Waals surface area contributed by atoms with E-state index in [2.05, 4.69) is 17.6 Å². The second-order valence-electron chi connectivity index (χ2n) is 8.42. The standard InChI is InChI=1S/C22H33N3O3/c1-16-6-12-25(13-7-16)20(26)18-4-5-19(17(2)14-18)24-21(27)22(15-28-3)8-10-23-11-9-22/h4-5,14,16,23H,6-13,15H2,1-3H3,(H,24,27). The van der Waals surface area contributed by atoms with Crippen molar-refractivity contribution in [1.82, 2.24) is 10.2 Å². The molecule has 2 saturated heterocycles. The van der Waals surface area contributed by atoms with Gasteiger partial charge in [-0.2, -0.15) is 0 Å². The number of carbonyl (C=O) groups excluding carboxylic acids is 2. The van der Waals surface area contributed by atoms with Gasteiger partial charge >= 0.3 is 0 Å². The van der Waals surface area contributed by atoms with Crippen molar-refractivity contribution in [3.63, 3.8) is 0 Å². The smallest absolute Gasteiger partial charge is 0.253 e. The zero-order valence-electron chi connectivity index (χ0n) is 17.3. The molecule has 6 heteroatoms. The highest BCUT2D eigenvalue weighted by Crippen LogP contribution is 2.31. The zero-order valence-corrected chi connectivity index (χ0v) is 17.3. The molecule has 2 aliphatic rings. The maximum absolute atomic E-state index is 13.0. The van der Waals surface area contributed by atoms with E-state index in [4.69, 9.17) is 4.74 Å². The number of amides is 2. The van der Waals surface area contributed by atoms with Gasteiger partial charge in [0.1, 0.15) is 0 Å². The summed E-state index contributed by atoms with van der Waals surface area (Å²) in [6, 6.07) is 5.57. The van der Waals surface area contributed by atoms with E-state index in [1.165, 1.54) is 0 Å². The first-order chi connectivity index (χ1) is 13.4. The van der Waals surface area contributed by atoms with Crippen LogP contribution in [0.2, 0.25) is 0 Å². The first-order valence-electron chi connectivity index (χ1n) is 10.4. The van der Waals surface area contributed by atoms with Gasteiger partial charge in [-0.15, -0.1) is 0 Å². The molecule has 2 heterocycles. The van der Waals surface area contributed by atoms with E-state index in [-0.39, 0.29) is 11.8 Å². The molecule has 1 aromatic rings. The van der Waals surface area contributed by atoms with Crippen LogP contribution in [0.25, 0.3) is 0 Å². The topological polar surface area (TPSA) is 70.7 Å². The first kappa shape index (κ1) is 20.8. The van der Waals surface area contributed by atoms with Crippen LogP contribution in [0.15, 0.2) is 18.2 Å². The molecule has 0 saturated carbocycles. The number of carbonyl (C=O) groups is 2. The van der Waals surface area contributed by atoms with Gasteiger partial charge < -0.3 is 20.3 Å². The molecule has 154 valence electrons. The fourth-order valence-corrected chi connectivity index (χ4v) is 4.20. The van der Waals surface area contributed by atoms with Gasteiger partial charge in [-0.3, -0.25) is 9.59 Å². The van der Waals surface area contributed by atoms with Gasteiger partial charge in [0.15, 0.2) is 0 Å². The quantitative estimate of drug-likeness (QED) is 0.815. The molecule has 6 nitrogen and oxygen atoms in total. The second kappa shape index (κ2) is 9.05. The highest BCUT2D eigenvalue weighted by atomic mass is 16.5. The fourth-order valence-electron chi connectivity index (χ4n) is 4.20. The van der Waals surface area contributed by atoms with E-state index in [0.29, 0.717) is 18.1 Å². The predicted molar refractivity (Wildman–Crippen MR) is 111 cm³/mol. The van der Waals surface area contributed by atoms with Crippen molar-refractivity contribution in [1.29, 1.82) is 0 Å². The van der Waals surface area contributed by atoms with Crippen LogP contribution in [0.4, 0.5) is 5.69 Å². The number of hydrogen-bond donors (Lipinski definition) is 2. The van der Waals surface area contributed by atoms with Crippen LogP contribution < -0.4 is 10.6 Å². The van der Waals surface area contributed by atoms with Crippen molar-refractivity contribution in [2.24, 2.45) is 11.3 Å². The summed E-state index contributed by atoms with van der Waals surface area (Å²) in [5, 5.41) is 6.39. The minimum absolute atomic E-state index is 0.00282. The highest BCUT2D eigenvalue weighted by Gasteiger charge is 2.39. The Kier molecular flexibility index (Phi) is 6.73. The van der Waals surface area contributed by atoms with Gasteiger partial charge in [0.25, 0.3) is 5.91 Å². The van der Waals surface area contributed by atoms with Crippen molar-refractivity contribution in [2.45, 2.75) is 39.5 Å². The molecule has 2 fully saturated rings. The van der Waals surface area contributed by atoms with E-state index in [1.807, 2.05) is 30.0 Å². The van der Waals surface area contributed by atoms with Gasteiger partial charge in [0.2, 0.25) is 5.91 Å².